The second kappa shape index (κ2) is 14.2. The Labute approximate surface area is 286 Å². The fraction of sp³-hybridized carbons (Fsp3) is 0.286. The summed E-state index contributed by atoms with van der Waals surface area (Å²) in [6, 6.07) is 24.1. The number of hydrogen-bond acceptors (Lipinski definition) is 10. The Hall–Kier alpha value is -4.75. The van der Waals surface area contributed by atoms with Crippen LogP contribution in [0.4, 0.5) is 11.4 Å². The van der Waals surface area contributed by atoms with Gasteiger partial charge in [0.2, 0.25) is 11.1 Å². The van der Waals surface area contributed by atoms with Crippen molar-refractivity contribution in [1.29, 1.82) is 0 Å². The molecule has 13 heteroatoms. The zero-order valence-corrected chi connectivity index (χ0v) is 28.3. The van der Waals surface area contributed by atoms with Gasteiger partial charge in [-0.2, -0.15) is 0 Å². The van der Waals surface area contributed by atoms with Crippen molar-refractivity contribution in [2.75, 3.05) is 11.5 Å². The zero-order valence-electron chi connectivity index (χ0n) is 26.7. The summed E-state index contributed by atoms with van der Waals surface area (Å²) >= 11 is 3.03. The highest BCUT2D eigenvalue weighted by molar-refractivity contribution is 8.00. The number of amides is 1. The predicted molar refractivity (Wildman–Crippen MR) is 187 cm³/mol. The Morgan fingerprint density at radius 2 is 1.62 bits per heavy atom. The summed E-state index contributed by atoms with van der Waals surface area (Å²) in [6.07, 6.45) is 4.12. The van der Waals surface area contributed by atoms with E-state index < -0.39 is 5.25 Å². The van der Waals surface area contributed by atoms with Gasteiger partial charge in [0.1, 0.15) is 5.52 Å². The number of carbonyl (C=O) groups is 2. The SMILES string of the molecule is CCOC(=O)CCCn1cc(CCn2c3ccccc3c3nnc(SC(CC)C(=O)N4c5ccccc5Sc5ccccc54)nc32)nn1. The van der Waals surface area contributed by atoms with E-state index in [1.807, 2.05) is 72.6 Å². The first-order valence-electron chi connectivity index (χ1n) is 16.1. The number of hydrogen-bond donors (Lipinski definition) is 0. The maximum atomic E-state index is 14.3. The minimum Gasteiger partial charge on any atom is -0.466 e. The lowest BCUT2D eigenvalue weighted by Crippen LogP contribution is -2.35. The first-order valence-corrected chi connectivity index (χ1v) is 17.8. The van der Waals surface area contributed by atoms with Gasteiger partial charge >= 0.3 is 5.97 Å². The zero-order chi connectivity index (χ0) is 33.0. The highest BCUT2D eigenvalue weighted by atomic mass is 32.2. The predicted octanol–water partition coefficient (Wildman–Crippen LogP) is 6.86. The van der Waals surface area contributed by atoms with E-state index in [0.29, 0.717) is 61.7 Å². The first kappa shape index (κ1) is 31.8. The van der Waals surface area contributed by atoms with Crippen LogP contribution in [0.15, 0.2) is 93.9 Å². The number of aromatic nitrogens is 7. The third kappa shape index (κ3) is 6.39. The number of esters is 1. The largest absolute Gasteiger partial charge is 0.466 e. The van der Waals surface area contributed by atoms with Gasteiger partial charge in [0.25, 0.3) is 0 Å². The summed E-state index contributed by atoms with van der Waals surface area (Å²) in [7, 11) is 0. The molecular weight excluding hydrogens is 645 g/mol. The molecule has 3 aromatic heterocycles. The summed E-state index contributed by atoms with van der Waals surface area (Å²) in [5.74, 6) is -0.217. The molecule has 0 aliphatic carbocycles. The van der Waals surface area contributed by atoms with Crippen LogP contribution in [0, 0.1) is 0 Å². The Bertz CT molecular complexity index is 2070. The quantitative estimate of drug-likeness (QED) is 0.100. The lowest BCUT2D eigenvalue weighted by atomic mass is 10.2. The monoisotopic (exact) mass is 678 g/mol. The van der Waals surface area contributed by atoms with Crippen LogP contribution in [-0.4, -0.2) is 58.5 Å². The smallest absolute Gasteiger partial charge is 0.305 e. The first-order chi connectivity index (χ1) is 23.5. The van der Waals surface area contributed by atoms with Crippen molar-refractivity contribution in [3.05, 3.63) is 84.7 Å². The fourth-order valence-electron chi connectivity index (χ4n) is 5.89. The molecule has 1 unspecified atom stereocenters. The van der Waals surface area contributed by atoms with Crippen LogP contribution in [0.3, 0.4) is 0 Å². The van der Waals surface area contributed by atoms with E-state index in [2.05, 4.69) is 43.3 Å². The number of ether oxygens (including phenoxy) is 1. The minimum atomic E-state index is -0.426. The normalized spacial score (nSPS) is 13.0. The van der Waals surface area contributed by atoms with Gasteiger partial charge < -0.3 is 9.30 Å². The Morgan fingerprint density at radius 3 is 2.38 bits per heavy atom. The number of para-hydroxylation sites is 3. The second-order valence-electron chi connectivity index (χ2n) is 11.3. The van der Waals surface area contributed by atoms with E-state index in [1.54, 1.807) is 23.4 Å². The van der Waals surface area contributed by atoms with Crippen molar-refractivity contribution in [3.8, 4) is 0 Å². The lowest BCUT2D eigenvalue weighted by Gasteiger charge is -2.33. The number of carbonyl (C=O) groups excluding carboxylic acids is 2. The molecule has 0 fully saturated rings. The topological polar surface area (TPSA) is 121 Å². The molecular formula is C35H34N8O3S2. The number of fused-ring (bicyclic) bond motifs is 5. The highest BCUT2D eigenvalue weighted by Gasteiger charge is 2.33. The molecule has 4 heterocycles. The number of nitrogens with zero attached hydrogens (tertiary/aromatic N) is 8. The van der Waals surface area contributed by atoms with E-state index >= 15 is 0 Å². The van der Waals surface area contributed by atoms with Crippen LogP contribution in [0.2, 0.25) is 0 Å². The summed E-state index contributed by atoms with van der Waals surface area (Å²) < 4.78 is 8.91. The highest BCUT2D eigenvalue weighted by Crippen LogP contribution is 2.48. The summed E-state index contributed by atoms with van der Waals surface area (Å²) in [5, 5.41) is 18.7. The van der Waals surface area contributed by atoms with Crippen molar-refractivity contribution >= 4 is 68.8 Å². The van der Waals surface area contributed by atoms with Gasteiger partial charge in [-0.1, -0.05) is 78.1 Å². The van der Waals surface area contributed by atoms with Crippen LogP contribution < -0.4 is 4.90 Å². The molecule has 0 saturated heterocycles. The van der Waals surface area contributed by atoms with Crippen LogP contribution in [0.1, 0.15) is 38.8 Å². The van der Waals surface area contributed by atoms with Crippen molar-refractivity contribution in [2.45, 2.75) is 72.8 Å². The molecule has 3 aromatic carbocycles. The van der Waals surface area contributed by atoms with Crippen molar-refractivity contribution in [1.82, 2.24) is 34.7 Å². The molecule has 1 aliphatic heterocycles. The number of rotatable bonds is 12. The molecule has 0 bridgehead atoms. The molecule has 0 radical (unpaired) electrons. The minimum absolute atomic E-state index is 0.0164. The van der Waals surface area contributed by atoms with E-state index in [4.69, 9.17) is 9.72 Å². The third-order valence-electron chi connectivity index (χ3n) is 8.15. The fourth-order valence-corrected chi connectivity index (χ4v) is 7.81. The van der Waals surface area contributed by atoms with E-state index in [-0.39, 0.29) is 11.9 Å². The van der Waals surface area contributed by atoms with Gasteiger partial charge in [0.05, 0.1) is 34.4 Å². The Morgan fingerprint density at radius 1 is 0.896 bits per heavy atom. The van der Waals surface area contributed by atoms with E-state index in [9.17, 15) is 9.59 Å². The summed E-state index contributed by atoms with van der Waals surface area (Å²) in [4.78, 5) is 34.9. The second-order valence-corrected chi connectivity index (χ2v) is 13.5. The maximum Gasteiger partial charge on any atom is 0.305 e. The average Bonchev–Trinajstić information content (AvgIpc) is 3.70. The molecule has 0 spiro atoms. The van der Waals surface area contributed by atoms with Gasteiger partial charge in [-0.15, -0.1) is 15.3 Å². The molecule has 11 nitrogen and oxygen atoms in total. The number of benzene rings is 3. The molecule has 244 valence electrons. The molecule has 6 aromatic rings. The van der Waals surface area contributed by atoms with Crippen molar-refractivity contribution in [2.24, 2.45) is 0 Å². The van der Waals surface area contributed by atoms with Crippen molar-refractivity contribution < 1.29 is 14.3 Å². The molecule has 1 amide bonds. The van der Waals surface area contributed by atoms with Crippen LogP contribution in [0.5, 0.6) is 0 Å². The Kier molecular flexibility index (Phi) is 9.39. The molecule has 48 heavy (non-hydrogen) atoms. The number of anilines is 2. The Balaban J connectivity index is 1.13. The summed E-state index contributed by atoms with van der Waals surface area (Å²) in [5.41, 5.74) is 5.04. The molecule has 0 saturated carbocycles. The van der Waals surface area contributed by atoms with Gasteiger partial charge in [0, 0.05) is 47.3 Å². The third-order valence-corrected chi connectivity index (χ3v) is 10.5. The average molecular weight is 679 g/mol. The van der Waals surface area contributed by atoms with Crippen LogP contribution in [-0.2, 0) is 33.8 Å². The van der Waals surface area contributed by atoms with Gasteiger partial charge in [0.15, 0.2) is 5.65 Å². The van der Waals surface area contributed by atoms with E-state index in [0.717, 1.165) is 37.8 Å². The maximum absolute atomic E-state index is 14.3. The van der Waals surface area contributed by atoms with Gasteiger partial charge in [-0.3, -0.25) is 19.2 Å². The van der Waals surface area contributed by atoms with Gasteiger partial charge in [-0.05, 0) is 50.1 Å². The molecule has 7 rings (SSSR count). The summed E-state index contributed by atoms with van der Waals surface area (Å²) in [6.45, 7) is 5.39. The lowest BCUT2D eigenvalue weighted by molar-refractivity contribution is -0.143. The van der Waals surface area contributed by atoms with Gasteiger partial charge in [-0.25, -0.2) is 4.98 Å². The molecule has 1 aliphatic rings. The van der Waals surface area contributed by atoms with Crippen LogP contribution in [0.25, 0.3) is 22.1 Å². The van der Waals surface area contributed by atoms with Crippen LogP contribution >= 0.6 is 23.5 Å². The standard InChI is InChI=1S/C35H34N8O3S2/c1-3-28(34(45)43-26-14-7-9-16-29(26)47-30-17-10-8-15-27(30)43)48-35-36-33-32(38-39-35)24-12-5-6-13-25(24)42(33)21-19-23-22-41(40-37-23)20-11-18-31(44)46-4-2/h5-10,12-17,22,28H,3-4,11,18-21H2,1-2H3. The number of thioether (sulfide) groups is 1. The molecule has 0 N–H and O–H groups in total. The van der Waals surface area contributed by atoms with Crippen molar-refractivity contribution in [3.63, 3.8) is 0 Å². The molecule has 1 atom stereocenters. The van der Waals surface area contributed by atoms with E-state index in [1.165, 1.54) is 11.8 Å². The number of aryl methyl sites for hydroxylation is 3.